The summed E-state index contributed by atoms with van der Waals surface area (Å²) in [7, 11) is 0. The van der Waals surface area contributed by atoms with Gasteiger partial charge in [0.25, 0.3) is 0 Å². The maximum atomic E-state index is 12.4. The van der Waals surface area contributed by atoms with Gasteiger partial charge in [-0.05, 0) is 43.9 Å². The molecule has 1 unspecified atom stereocenters. The van der Waals surface area contributed by atoms with E-state index in [0.29, 0.717) is 12.6 Å². The molecule has 1 aromatic rings. The number of hydrogen-bond acceptors (Lipinski definition) is 3. The van der Waals surface area contributed by atoms with Gasteiger partial charge < -0.3 is 15.5 Å². The van der Waals surface area contributed by atoms with Crippen LogP contribution in [0, 0.1) is 0 Å². The summed E-state index contributed by atoms with van der Waals surface area (Å²) >= 11 is 0. The molecule has 1 atom stereocenters. The number of likely N-dealkylation sites (tertiary alicyclic amines) is 1. The molecule has 0 bridgehead atoms. The van der Waals surface area contributed by atoms with Crippen LogP contribution < -0.4 is 10.6 Å². The van der Waals surface area contributed by atoms with Crippen molar-refractivity contribution in [1.82, 2.24) is 4.90 Å². The van der Waals surface area contributed by atoms with Gasteiger partial charge in [-0.3, -0.25) is 9.59 Å². The van der Waals surface area contributed by atoms with Crippen molar-refractivity contribution in [2.75, 3.05) is 23.7 Å². The lowest BCUT2D eigenvalue weighted by Crippen LogP contribution is -2.45. The Kier molecular flexibility index (Phi) is 5.81. The average molecular weight is 303 g/mol. The van der Waals surface area contributed by atoms with E-state index in [2.05, 4.69) is 17.6 Å². The van der Waals surface area contributed by atoms with E-state index in [1.807, 2.05) is 29.2 Å². The largest absolute Gasteiger partial charge is 0.376 e. The molecule has 1 heterocycles. The van der Waals surface area contributed by atoms with E-state index >= 15 is 0 Å². The zero-order valence-corrected chi connectivity index (χ0v) is 13.4. The molecule has 2 N–H and O–H groups in total. The van der Waals surface area contributed by atoms with Gasteiger partial charge >= 0.3 is 0 Å². The van der Waals surface area contributed by atoms with Crippen molar-refractivity contribution in [2.45, 2.75) is 45.6 Å². The van der Waals surface area contributed by atoms with Crippen molar-refractivity contribution < 1.29 is 9.59 Å². The summed E-state index contributed by atoms with van der Waals surface area (Å²) in [6.45, 7) is 4.77. The summed E-state index contributed by atoms with van der Waals surface area (Å²) in [5.74, 6) is 0.0452. The molecule has 120 valence electrons. The van der Waals surface area contributed by atoms with E-state index in [4.69, 9.17) is 0 Å². The highest BCUT2D eigenvalue weighted by molar-refractivity contribution is 5.89. The SMILES string of the molecule is CCC1CCCCN1C(=O)CNc1cccc(NC(C)=O)c1. The third-order valence-electron chi connectivity index (χ3n) is 4.05. The fourth-order valence-corrected chi connectivity index (χ4v) is 2.94. The topological polar surface area (TPSA) is 61.4 Å². The highest BCUT2D eigenvalue weighted by Crippen LogP contribution is 2.20. The van der Waals surface area contributed by atoms with E-state index in [-0.39, 0.29) is 11.8 Å². The first-order chi connectivity index (χ1) is 10.6. The third-order valence-corrected chi connectivity index (χ3v) is 4.05. The average Bonchev–Trinajstić information content (AvgIpc) is 2.52. The van der Waals surface area contributed by atoms with Crippen LogP contribution in [0.5, 0.6) is 0 Å². The molecule has 1 aliphatic heterocycles. The van der Waals surface area contributed by atoms with E-state index in [0.717, 1.165) is 37.2 Å². The molecule has 1 aliphatic rings. The fourth-order valence-electron chi connectivity index (χ4n) is 2.94. The first kappa shape index (κ1) is 16.3. The predicted octanol–water partition coefficient (Wildman–Crippen LogP) is 2.85. The number of amides is 2. The van der Waals surface area contributed by atoms with Gasteiger partial charge in [0.05, 0.1) is 6.54 Å². The van der Waals surface area contributed by atoms with Crippen molar-refractivity contribution in [3.05, 3.63) is 24.3 Å². The van der Waals surface area contributed by atoms with Gasteiger partial charge in [0, 0.05) is 30.9 Å². The molecule has 5 heteroatoms. The molecule has 2 amide bonds. The molecule has 1 fully saturated rings. The van der Waals surface area contributed by atoms with Crippen molar-refractivity contribution in [3.8, 4) is 0 Å². The first-order valence-electron chi connectivity index (χ1n) is 8.01. The maximum absolute atomic E-state index is 12.4. The van der Waals surface area contributed by atoms with Gasteiger partial charge in [0.2, 0.25) is 11.8 Å². The number of piperidine rings is 1. The molecule has 5 nitrogen and oxygen atoms in total. The number of rotatable bonds is 5. The van der Waals surface area contributed by atoms with Crippen molar-refractivity contribution in [2.24, 2.45) is 0 Å². The summed E-state index contributed by atoms with van der Waals surface area (Å²) in [5, 5.41) is 5.90. The summed E-state index contributed by atoms with van der Waals surface area (Å²) < 4.78 is 0. The van der Waals surface area contributed by atoms with E-state index < -0.39 is 0 Å². The summed E-state index contributed by atoms with van der Waals surface area (Å²) in [6, 6.07) is 7.79. The lowest BCUT2D eigenvalue weighted by atomic mass is 10.00. The van der Waals surface area contributed by atoms with Gasteiger partial charge in [0.1, 0.15) is 0 Å². The Morgan fingerprint density at radius 3 is 2.77 bits per heavy atom. The number of anilines is 2. The fraction of sp³-hybridized carbons (Fsp3) is 0.529. The summed E-state index contributed by atoms with van der Waals surface area (Å²) in [6.07, 6.45) is 4.44. The second-order valence-electron chi connectivity index (χ2n) is 5.76. The molecule has 0 radical (unpaired) electrons. The lowest BCUT2D eigenvalue weighted by molar-refractivity contribution is -0.133. The van der Waals surface area contributed by atoms with Crippen LogP contribution in [0.2, 0.25) is 0 Å². The minimum absolute atomic E-state index is 0.104. The second-order valence-corrected chi connectivity index (χ2v) is 5.76. The molecule has 1 saturated heterocycles. The Morgan fingerprint density at radius 1 is 1.27 bits per heavy atom. The van der Waals surface area contributed by atoms with Crippen molar-refractivity contribution in [3.63, 3.8) is 0 Å². The molecular weight excluding hydrogens is 278 g/mol. The molecule has 0 spiro atoms. The van der Waals surface area contributed by atoms with Gasteiger partial charge in [-0.15, -0.1) is 0 Å². The number of carbonyl (C=O) groups is 2. The van der Waals surface area contributed by atoms with Crippen LogP contribution in [0.1, 0.15) is 39.5 Å². The number of nitrogens with zero attached hydrogens (tertiary/aromatic N) is 1. The zero-order chi connectivity index (χ0) is 15.9. The molecule has 0 saturated carbocycles. The smallest absolute Gasteiger partial charge is 0.242 e. The van der Waals surface area contributed by atoms with Crippen molar-refractivity contribution >= 4 is 23.2 Å². The Morgan fingerprint density at radius 2 is 2.05 bits per heavy atom. The molecule has 2 rings (SSSR count). The Balaban J connectivity index is 1.91. The minimum atomic E-state index is -0.104. The Labute approximate surface area is 132 Å². The lowest BCUT2D eigenvalue weighted by Gasteiger charge is -2.35. The monoisotopic (exact) mass is 303 g/mol. The summed E-state index contributed by atoms with van der Waals surface area (Å²) in [4.78, 5) is 25.5. The first-order valence-corrected chi connectivity index (χ1v) is 8.01. The third kappa shape index (κ3) is 4.48. The van der Waals surface area contributed by atoms with Crippen LogP contribution in [0.25, 0.3) is 0 Å². The molecule has 22 heavy (non-hydrogen) atoms. The number of carbonyl (C=O) groups excluding carboxylic acids is 2. The van der Waals surface area contributed by atoms with E-state index in [1.165, 1.54) is 13.3 Å². The van der Waals surface area contributed by atoms with Crippen LogP contribution in [0.3, 0.4) is 0 Å². The van der Waals surface area contributed by atoms with Crippen LogP contribution in [0.4, 0.5) is 11.4 Å². The van der Waals surface area contributed by atoms with Gasteiger partial charge in [0.15, 0.2) is 0 Å². The second kappa shape index (κ2) is 7.82. The van der Waals surface area contributed by atoms with Gasteiger partial charge in [-0.25, -0.2) is 0 Å². The van der Waals surface area contributed by atoms with Crippen LogP contribution >= 0.6 is 0 Å². The zero-order valence-electron chi connectivity index (χ0n) is 13.4. The predicted molar refractivity (Wildman–Crippen MR) is 88.9 cm³/mol. The number of nitrogens with one attached hydrogen (secondary N) is 2. The quantitative estimate of drug-likeness (QED) is 0.879. The van der Waals surface area contributed by atoms with Gasteiger partial charge in [-0.1, -0.05) is 13.0 Å². The van der Waals surface area contributed by atoms with E-state index in [9.17, 15) is 9.59 Å². The van der Waals surface area contributed by atoms with Crippen LogP contribution in [0.15, 0.2) is 24.3 Å². The maximum Gasteiger partial charge on any atom is 0.242 e. The normalized spacial score (nSPS) is 17.9. The minimum Gasteiger partial charge on any atom is -0.376 e. The number of hydrogen-bond donors (Lipinski definition) is 2. The molecule has 0 aliphatic carbocycles. The highest BCUT2D eigenvalue weighted by atomic mass is 16.2. The molecule has 1 aromatic carbocycles. The molecular formula is C17H25N3O2. The van der Waals surface area contributed by atoms with Crippen LogP contribution in [-0.4, -0.2) is 35.8 Å². The van der Waals surface area contributed by atoms with Crippen LogP contribution in [-0.2, 0) is 9.59 Å². The van der Waals surface area contributed by atoms with Crippen molar-refractivity contribution in [1.29, 1.82) is 0 Å². The van der Waals surface area contributed by atoms with E-state index in [1.54, 1.807) is 0 Å². The summed E-state index contributed by atoms with van der Waals surface area (Å²) in [5.41, 5.74) is 1.57. The van der Waals surface area contributed by atoms with Gasteiger partial charge in [-0.2, -0.15) is 0 Å². The Hall–Kier alpha value is -2.04. The molecule has 0 aromatic heterocycles. The number of benzene rings is 1. The highest BCUT2D eigenvalue weighted by Gasteiger charge is 2.24. The Bertz CT molecular complexity index is 530. The standard InChI is InChI=1S/C17H25N3O2/c1-3-16-9-4-5-10-20(16)17(22)12-18-14-7-6-8-15(11-14)19-13(2)21/h6-8,11,16,18H,3-5,9-10,12H2,1-2H3,(H,19,21).